The largest absolute Gasteiger partial charge is 0.341 e. The summed E-state index contributed by atoms with van der Waals surface area (Å²) in [5, 5.41) is 6.35. The summed E-state index contributed by atoms with van der Waals surface area (Å²) in [5.41, 5.74) is 0.925. The highest BCUT2D eigenvalue weighted by Crippen LogP contribution is 2.26. The molecule has 0 bridgehead atoms. The van der Waals surface area contributed by atoms with E-state index in [4.69, 9.17) is 0 Å². The molecule has 0 saturated heterocycles. The zero-order chi connectivity index (χ0) is 19.4. The summed E-state index contributed by atoms with van der Waals surface area (Å²) in [6, 6.07) is 11.5. The predicted octanol–water partition coefficient (Wildman–Crippen LogP) is 2.58. The van der Waals surface area contributed by atoms with Gasteiger partial charge in [0.05, 0.1) is 17.1 Å². The molecule has 1 amide bonds. The van der Waals surface area contributed by atoms with Gasteiger partial charge >= 0.3 is 5.76 Å². The van der Waals surface area contributed by atoms with Crippen molar-refractivity contribution in [3.63, 3.8) is 0 Å². The van der Waals surface area contributed by atoms with E-state index in [0.717, 1.165) is 11.6 Å². The Labute approximate surface area is 153 Å². The van der Waals surface area contributed by atoms with Crippen LogP contribution in [0.25, 0.3) is 0 Å². The minimum absolute atomic E-state index is 0.200. The first-order chi connectivity index (χ1) is 12.9. The number of hydrogen-bond acceptors (Lipinski definition) is 5. The standard InChI is InChI=1S/C17H14F2N4O3S/c18-17(19)27(25,26)15-4-2-1-3-14(15)22-16(24)13-7-5-12(6-8-13)9-23-11-20-10-21-23/h1-8,10-11,17H,9H2,(H,22,24). The van der Waals surface area contributed by atoms with Gasteiger partial charge in [-0.05, 0) is 29.8 Å². The summed E-state index contributed by atoms with van der Waals surface area (Å²) >= 11 is 0. The molecule has 0 atom stereocenters. The molecule has 10 heteroatoms. The first kappa shape index (κ1) is 18.6. The van der Waals surface area contributed by atoms with E-state index in [0.29, 0.717) is 6.54 Å². The van der Waals surface area contributed by atoms with E-state index < -0.39 is 26.4 Å². The number of alkyl halides is 2. The third kappa shape index (κ3) is 4.17. The molecule has 3 rings (SSSR count). The van der Waals surface area contributed by atoms with Crippen molar-refractivity contribution in [2.45, 2.75) is 17.2 Å². The first-order valence-corrected chi connectivity index (χ1v) is 9.26. The molecule has 0 radical (unpaired) electrons. The lowest BCUT2D eigenvalue weighted by molar-refractivity contribution is 0.102. The van der Waals surface area contributed by atoms with Crippen molar-refractivity contribution >= 4 is 21.4 Å². The van der Waals surface area contributed by atoms with Gasteiger partial charge in [-0.1, -0.05) is 24.3 Å². The molecule has 0 unspecified atom stereocenters. The second-order valence-corrected chi connectivity index (χ2v) is 7.43. The molecule has 27 heavy (non-hydrogen) atoms. The number of hydrogen-bond donors (Lipinski definition) is 1. The second-order valence-electron chi connectivity index (χ2n) is 5.55. The number of aromatic nitrogens is 3. The van der Waals surface area contributed by atoms with Gasteiger partial charge < -0.3 is 5.32 Å². The zero-order valence-electron chi connectivity index (χ0n) is 13.8. The third-order valence-corrected chi connectivity index (χ3v) is 5.14. The Morgan fingerprint density at radius 1 is 1.11 bits per heavy atom. The van der Waals surface area contributed by atoms with Gasteiger partial charge in [0, 0.05) is 5.56 Å². The molecular weight excluding hydrogens is 378 g/mol. The van der Waals surface area contributed by atoms with Crippen LogP contribution in [-0.2, 0) is 16.4 Å². The minimum Gasteiger partial charge on any atom is -0.321 e. The van der Waals surface area contributed by atoms with Crippen molar-refractivity contribution in [3.05, 3.63) is 72.3 Å². The average Bonchev–Trinajstić information content (AvgIpc) is 3.15. The fraction of sp³-hybridized carbons (Fsp3) is 0.118. The van der Waals surface area contributed by atoms with E-state index >= 15 is 0 Å². The fourth-order valence-corrected chi connectivity index (χ4v) is 3.26. The molecule has 0 aliphatic rings. The summed E-state index contributed by atoms with van der Waals surface area (Å²) < 4.78 is 50.8. The lowest BCUT2D eigenvalue weighted by atomic mass is 10.1. The maximum atomic E-state index is 12.8. The smallest absolute Gasteiger partial charge is 0.321 e. The number of halogens is 2. The minimum atomic E-state index is -4.83. The molecule has 0 spiro atoms. The number of rotatable bonds is 6. The molecule has 0 fully saturated rings. The Hall–Kier alpha value is -3.14. The number of carbonyl (C=O) groups excluding carboxylic acids is 1. The quantitative estimate of drug-likeness (QED) is 0.696. The van der Waals surface area contributed by atoms with Crippen molar-refractivity contribution in [1.29, 1.82) is 0 Å². The normalized spacial score (nSPS) is 11.5. The van der Waals surface area contributed by atoms with Gasteiger partial charge in [0.25, 0.3) is 5.91 Å². The van der Waals surface area contributed by atoms with Crippen molar-refractivity contribution in [1.82, 2.24) is 14.8 Å². The average molecular weight is 392 g/mol. The summed E-state index contributed by atoms with van der Waals surface area (Å²) in [6.45, 7) is 0.470. The number of benzene rings is 2. The highest BCUT2D eigenvalue weighted by Gasteiger charge is 2.29. The van der Waals surface area contributed by atoms with Gasteiger partial charge in [0.2, 0.25) is 9.84 Å². The van der Waals surface area contributed by atoms with Crippen molar-refractivity contribution in [2.75, 3.05) is 5.32 Å². The monoisotopic (exact) mass is 392 g/mol. The summed E-state index contributed by atoms with van der Waals surface area (Å²) in [4.78, 5) is 15.6. The number of sulfone groups is 1. The van der Waals surface area contributed by atoms with Crippen LogP contribution in [0.1, 0.15) is 15.9 Å². The van der Waals surface area contributed by atoms with Gasteiger partial charge in [-0.15, -0.1) is 0 Å². The van der Waals surface area contributed by atoms with E-state index in [1.807, 2.05) is 0 Å². The molecule has 7 nitrogen and oxygen atoms in total. The molecule has 3 aromatic rings. The van der Waals surface area contributed by atoms with Crippen molar-refractivity contribution < 1.29 is 22.0 Å². The molecule has 0 aliphatic heterocycles. The van der Waals surface area contributed by atoms with E-state index in [9.17, 15) is 22.0 Å². The Morgan fingerprint density at radius 2 is 1.81 bits per heavy atom. The van der Waals surface area contributed by atoms with Crippen LogP contribution in [0.4, 0.5) is 14.5 Å². The number of amides is 1. The van der Waals surface area contributed by atoms with Gasteiger partial charge in [-0.2, -0.15) is 13.9 Å². The fourth-order valence-electron chi connectivity index (χ4n) is 2.37. The van der Waals surface area contributed by atoms with Gasteiger partial charge in [0.15, 0.2) is 0 Å². The highest BCUT2D eigenvalue weighted by molar-refractivity contribution is 7.91. The predicted molar refractivity (Wildman–Crippen MR) is 93.2 cm³/mol. The Balaban J connectivity index is 1.78. The topological polar surface area (TPSA) is 94.0 Å². The van der Waals surface area contributed by atoms with Crippen LogP contribution in [0.5, 0.6) is 0 Å². The number of nitrogens with zero attached hydrogens (tertiary/aromatic N) is 3. The van der Waals surface area contributed by atoms with E-state index in [1.165, 1.54) is 24.5 Å². The van der Waals surface area contributed by atoms with Crippen molar-refractivity contribution in [3.8, 4) is 0 Å². The highest BCUT2D eigenvalue weighted by atomic mass is 32.2. The van der Waals surface area contributed by atoms with Gasteiger partial charge in [-0.3, -0.25) is 4.79 Å². The van der Waals surface area contributed by atoms with Crippen LogP contribution in [0.15, 0.2) is 66.1 Å². The lowest BCUT2D eigenvalue weighted by Gasteiger charge is -2.11. The summed E-state index contributed by atoms with van der Waals surface area (Å²) in [6.07, 6.45) is 2.97. The maximum absolute atomic E-state index is 12.8. The lowest BCUT2D eigenvalue weighted by Crippen LogP contribution is -2.17. The van der Waals surface area contributed by atoms with E-state index in [2.05, 4.69) is 15.4 Å². The molecule has 140 valence electrons. The number of para-hydroxylation sites is 1. The Kier molecular flexibility index (Phi) is 5.26. The third-order valence-electron chi connectivity index (χ3n) is 3.70. The number of anilines is 1. The van der Waals surface area contributed by atoms with Crippen LogP contribution in [0, 0.1) is 0 Å². The maximum Gasteiger partial charge on any atom is 0.341 e. The Bertz CT molecular complexity index is 1040. The molecule has 0 aliphatic carbocycles. The Morgan fingerprint density at radius 3 is 2.44 bits per heavy atom. The van der Waals surface area contributed by atoms with Crippen LogP contribution < -0.4 is 5.32 Å². The molecular formula is C17H14F2N4O3S. The molecule has 1 N–H and O–H groups in total. The first-order valence-electron chi connectivity index (χ1n) is 7.72. The zero-order valence-corrected chi connectivity index (χ0v) is 14.6. The van der Waals surface area contributed by atoms with E-state index in [-0.39, 0.29) is 11.3 Å². The summed E-state index contributed by atoms with van der Waals surface area (Å²) in [5.74, 6) is -4.19. The number of carbonyl (C=O) groups is 1. The van der Waals surface area contributed by atoms with E-state index in [1.54, 1.807) is 35.3 Å². The SMILES string of the molecule is O=C(Nc1ccccc1S(=O)(=O)C(F)F)c1ccc(Cn2cncn2)cc1. The number of nitrogens with one attached hydrogen (secondary N) is 1. The van der Waals surface area contributed by atoms with Crippen LogP contribution >= 0.6 is 0 Å². The van der Waals surface area contributed by atoms with Crippen LogP contribution in [-0.4, -0.2) is 34.8 Å². The summed E-state index contributed by atoms with van der Waals surface area (Å²) in [7, 11) is -4.83. The van der Waals surface area contributed by atoms with Crippen LogP contribution in [0.3, 0.4) is 0 Å². The van der Waals surface area contributed by atoms with Gasteiger partial charge in [-0.25, -0.2) is 18.1 Å². The second kappa shape index (κ2) is 7.62. The van der Waals surface area contributed by atoms with Crippen molar-refractivity contribution in [2.24, 2.45) is 0 Å². The molecule has 2 aromatic carbocycles. The van der Waals surface area contributed by atoms with Gasteiger partial charge in [0.1, 0.15) is 12.7 Å². The molecule has 0 saturated carbocycles. The van der Waals surface area contributed by atoms with Crippen LogP contribution in [0.2, 0.25) is 0 Å². The molecule has 1 heterocycles. The molecule has 1 aromatic heterocycles.